The number of ketones is 1. The molecule has 0 aliphatic carbocycles. The maximum atomic E-state index is 12.5. The number of carbonyl (C=O) groups is 1. The van der Waals surface area contributed by atoms with Crippen LogP contribution >= 0.6 is 23.2 Å². The number of hydrogen-bond donors (Lipinski definition) is 2. The first-order valence-corrected chi connectivity index (χ1v) is 13.2. The monoisotopic (exact) mass is 557 g/mol. The van der Waals surface area contributed by atoms with Gasteiger partial charge in [0.25, 0.3) is 0 Å². The first kappa shape index (κ1) is 28.1. The van der Waals surface area contributed by atoms with Crippen molar-refractivity contribution in [1.29, 1.82) is 0 Å². The Kier molecular flexibility index (Phi) is 8.85. The summed E-state index contributed by atoms with van der Waals surface area (Å²) in [4.78, 5) is 21.3. The number of rotatable bonds is 8. The number of phenolic OH excluding ortho intramolecular Hbond substituents is 1. The van der Waals surface area contributed by atoms with Gasteiger partial charge in [-0.2, -0.15) is 0 Å². The summed E-state index contributed by atoms with van der Waals surface area (Å²) in [6.45, 7) is 6.08. The van der Waals surface area contributed by atoms with Crippen LogP contribution in [0, 0.1) is 0 Å². The van der Waals surface area contributed by atoms with Crippen molar-refractivity contribution in [3.63, 3.8) is 0 Å². The number of nitrogens with zero attached hydrogens (tertiary/aromatic N) is 2. The minimum absolute atomic E-state index is 0.0298. The van der Waals surface area contributed by atoms with Crippen molar-refractivity contribution in [1.82, 2.24) is 4.98 Å². The molecule has 1 heterocycles. The van der Waals surface area contributed by atoms with Gasteiger partial charge in [-0.1, -0.05) is 62.2 Å². The molecule has 7 heteroatoms. The molecule has 0 saturated heterocycles. The third kappa shape index (κ3) is 7.56. The number of anilines is 1. The quantitative estimate of drug-likeness (QED) is 0.168. The SMILES string of the molecule is CC(C)(C)c1cc(/C=C/C(=O)Cc2ccc(Cl)cc2)cc(C=N/C=C/Nc2ccnc3cc(Cl)ccc23)c1O. The topological polar surface area (TPSA) is 74.6 Å². The number of benzene rings is 3. The Morgan fingerprint density at radius 2 is 1.77 bits per heavy atom. The number of phenols is 1. The van der Waals surface area contributed by atoms with E-state index >= 15 is 0 Å². The van der Waals surface area contributed by atoms with E-state index in [4.69, 9.17) is 23.2 Å². The van der Waals surface area contributed by atoms with Crippen LogP contribution in [0.5, 0.6) is 5.75 Å². The zero-order valence-corrected chi connectivity index (χ0v) is 23.5. The molecular weight excluding hydrogens is 529 g/mol. The van der Waals surface area contributed by atoms with Crippen molar-refractivity contribution in [3.05, 3.63) is 118 Å². The second-order valence-corrected chi connectivity index (χ2v) is 11.0. The van der Waals surface area contributed by atoms with E-state index in [1.54, 1.807) is 49.1 Å². The van der Waals surface area contributed by atoms with E-state index < -0.39 is 0 Å². The van der Waals surface area contributed by atoms with Crippen molar-refractivity contribution >= 4 is 57.9 Å². The van der Waals surface area contributed by atoms with Crippen molar-refractivity contribution in [3.8, 4) is 5.75 Å². The number of allylic oxidation sites excluding steroid dienone is 1. The lowest BCUT2D eigenvalue weighted by Crippen LogP contribution is -2.12. The summed E-state index contributed by atoms with van der Waals surface area (Å²) >= 11 is 12.0. The first-order valence-electron chi connectivity index (χ1n) is 12.4. The van der Waals surface area contributed by atoms with Gasteiger partial charge >= 0.3 is 0 Å². The minimum atomic E-state index is -0.313. The first-order chi connectivity index (χ1) is 18.6. The Morgan fingerprint density at radius 1 is 1.03 bits per heavy atom. The highest BCUT2D eigenvalue weighted by Crippen LogP contribution is 2.34. The van der Waals surface area contributed by atoms with E-state index in [9.17, 15) is 9.90 Å². The number of carbonyl (C=O) groups excluding carboxylic acids is 1. The van der Waals surface area contributed by atoms with Crippen molar-refractivity contribution in [2.24, 2.45) is 4.99 Å². The highest BCUT2D eigenvalue weighted by atomic mass is 35.5. The normalized spacial score (nSPS) is 12.2. The molecule has 0 bridgehead atoms. The largest absolute Gasteiger partial charge is 0.507 e. The Labute approximate surface area is 238 Å². The summed E-state index contributed by atoms with van der Waals surface area (Å²) in [6.07, 6.45) is 10.2. The molecule has 0 amide bonds. The van der Waals surface area contributed by atoms with Crippen LogP contribution in [0.1, 0.15) is 43.0 Å². The van der Waals surface area contributed by atoms with Gasteiger partial charge in [0, 0.05) is 63.5 Å². The van der Waals surface area contributed by atoms with Crippen LogP contribution in [-0.4, -0.2) is 22.1 Å². The van der Waals surface area contributed by atoms with Gasteiger partial charge in [0.2, 0.25) is 0 Å². The molecule has 5 nitrogen and oxygen atoms in total. The number of halogens is 2. The molecule has 4 rings (SSSR count). The van der Waals surface area contributed by atoms with Crippen molar-refractivity contribution in [2.45, 2.75) is 32.6 Å². The van der Waals surface area contributed by atoms with Crippen LogP contribution in [0.2, 0.25) is 10.0 Å². The van der Waals surface area contributed by atoms with Gasteiger partial charge in [-0.05, 0) is 71.1 Å². The highest BCUT2D eigenvalue weighted by Gasteiger charge is 2.20. The molecule has 4 aromatic rings. The summed E-state index contributed by atoms with van der Waals surface area (Å²) in [5.41, 5.74) is 4.37. The number of nitrogens with one attached hydrogen (secondary N) is 1. The molecule has 198 valence electrons. The van der Waals surface area contributed by atoms with Gasteiger partial charge in [0.15, 0.2) is 5.78 Å². The molecule has 3 aromatic carbocycles. The summed E-state index contributed by atoms with van der Waals surface area (Å²) in [6, 6.07) is 18.4. The molecule has 0 aliphatic heterocycles. The van der Waals surface area contributed by atoms with Gasteiger partial charge < -0.3 is 10.4 Å². The van der Waals surface area contributed by atoms with Crippen LogP contribution in [-0.2, 0) is 16.6 Å². The minimum Gasteiger partial charge on any atom is -0.507 e. The predicted molar refractivity (Wildman–Crippen MR) is 163 cm³/mol. The smallest absolute Gasteiger partial charge is 0.160 e. The van der Waals surface area contributed by atoms with Crippen LogP contribution < -0.4 is 5.32 Å². The number of hydrogen-bond acceptors (Lipinski definition) is 5. The average molecular weight is 559 g/mol. The lowest BCUT2D eigenvalue weighted by molar-refractivity contribution is -0.113. The fourth-order valence-electron chi connectivity index (χ4n) is 4.04. The second kappa shape index (κ2) is 12.3. The summed E-state index contributed by atoms with van der Waals surface area (Å²) in [5, 5.41) is 16.4. The van der Waals surface area contributed by atoms with Crippen molar-refractivity contribution < 1.29 is 9.90 Å². The predicted octanol–water partition coefficient (Wildman–Crippen LogP) is 8.37. The molecule has 0 unspecified atom stereocenters. The van der Waals surface area contributed by atoms with E-state index in [0.29, 0.717) is 15.6 Å². The Balaban J connectivity index is 1.51. The third-order valence-electron chi connectivity index (χ3n) is 6.04. The number of aliphatic imine (C=N–C) groups is 1. The van der Waals surface area contributed by atoms with Gasteiger partial charge in [-0.3, -0.25) is 14.8 Å². The fourth-order valence-corrected chi connectivity index (χ4v) is 4.33. The maximum Gasteiger partial charge on any atom is 0.160 e. The third-order valence-corrected chi connectivity index (χ3v) is 6.53. The Hall–Kier alpha value is -3.93. The van der Waals surface area contributed by atoms with E-state index in [2.05, 4.69) is 15.3 Å². The highest BCUT2D eigenvalue weighted by molar-refractivity contribution is 6.31. The van der Waals surface area contributed by atoms with Gasteiger partial charge in [0.05, 0.1) is 5.52 Å². The van der Waals surface area contributed by atoms with E-state index in [0.717, 1.165) is 33.3 Å². The molecule has 1 aromatic heterocycles. The molecule has 0 atom stereocenters. The molecule has 2 N–H and O–H groups in total. The van der Waals surface area contributed by atoms with E-state index in [1.807, 2.05) is 69.3 Å². The average Bonchev–Trinajstić information content (AvgIpc) is 2.89. The molecule has 0 radical (unpaired) electrons. The zero-order chi connectivity index (χ0) is 28.0. The van der Waals surface area contributed by atoms with Crippen molar-refractivity contribution in [2.75, 3.05) is 5.32 Å². The standard InChI is InChI=1S/C32H29Cl2N3O2/c1-32(2,3)28-18-22(6-10-26(38)17-21-4-7-24(33)8-5-21)16-23(31(28)39)20-35-14-15-37-29-12-13-36-30-19-25(34)9-11-27(29)30/h4-16,18-20,39H,17H2,1-3H3,(H,36,37)/b10-6+,15-14+,35-20?. The lowest BCUT2D eigenvalue weighted by atomic mass is 9.84. The van der Waals surface area contributed by atoms with Crippen LogP contribution in [0.15, 0.2) is 90.3 Å². The van der Waals surface area contributed by atoms with Gasteiger partial charge in [-0.15, -0.1) is 0 Å². The number of fused-ring (bicyclic) bond motifs is 1. The maximum absolute atomic E-state index is 12.5. The summed E-state index contributed by atoms with van der Waals surface area (Å²) < 4.78 is 0. The molecule has 0 fully saturated rings. The van der Waals surface area contributed by atoms with Crippen LogP contribution in [0.25, 0.3) is 17.0 Å². The summed E-state index contributed by atoms with van der Waals surface area (Å²) in [5.74, 6) is 0.132. The Bertz CT molecular complexity index is 1580. The van der Waals surface area contributed by atoms with Gasteiger partial charge in [0.1, 0.15) is 5.75 Å². The fraction of sp³-hybridized carbons (Fsp3) is 0.156. The molecule has 39 heavy (non-hydrogen) atoms. The number of aromatic hydroxyl groups is 1. The molecule has 0 aliphatic rings. The van der Waals surface area contributed by atoms with Gasteiger partial charge in [-0.25, -0.2) is 0 Å². The molecular formula is C32H29Cl2N3O2. The van der Waals surface area contributed by atoms with E-state index in [1.165, 1.54) is 0 Å². The van der Waals surface area contributed by atoms with Crippen LogP contribution in [0.4, 0.5) is 5.69 Å². The number of aromatic nitrogens is 1. The zero-order valence-electron chi connectivity index (χ0n) is 22.0. The molecule has 0 spiro atoms. The second-order valence-electron chi connectivity index (χ2n) is 10.1. The number of pyridine rings is 1. The van der Waals surface area contributed by atoms with Crippen LogP contribution in [0.3, 0.4) is 0 Å². The lowest BCUT2D eigenvalue weighted by Gasteiger charge is -2.22. The molecule has 0 saturated carbocycles. The Morgan fingerprint density at radius 3 is 2.51 bits per heavy atom. The van der Waals surface area contributed by atoms with E-state index in [-0.39, 0.29) is 23.4 Å². The summed E-state index contributed by atoms with van der Waals surface area (Å²) in [7, 11) is 0.